The van der Waals surface area contributed by atoms with E-state index in [1.54, 1.807) is 0 Å². The summed E-state index contributed by atoms with van der Waals surface area (Å²) in [4.78, 5) is 2.49. The fourth-order valence-corrected chi connectivity index (χ4v) is 3.31. The Labute approximate surface area is 134 Å². The summed E-state index contributed by atoms with van der Waals surface area (Å²) in [6.07, 6.45) is 6.47. The summed E-state index contributed by atoms with van der Waals surface area (Å²) in [5.41, 5.74) is 1.95. The van der Waals surface area contributed by atoms with Gasteiger partial charge in [0, 0.05) is 24.9 Å². The Morgan fingerprint density at radius 3 is 3.09 bits per heavy atom. The Bertz CT molecular complexity index is 790. The van der Waals surface area contributed by atoms with Crippen molar-refractivity contribution in [2.24, 2.45) is 0 Å². The van der Waals surface area contributed by atoms with Gasteiger partial charge in [-0.15, -0.1) is 15.3 Å². The Morgan fingerprint density at radius 1 is 1.22 bits per heavy atom. The van der Waals surface area contributed by atoms with Gasteiger partial charge in [0.05, 0.1) is 5.69 Å². The summed E-state index contributed by atoms with van der Waals surface area (Å²) >= 11 is 0. The van der Waals surface area contributed by atoms with Gasteiger partial charge in [-0.05, 0) is 38.1 Å². The van der Waals surface area contributed by atoms with E-state index in [1.165, 1.54) is 19.4 Å². The molecule has 4 rings (SSSR count). The average molecular weight is 311 g/mol. The monoisotopic (exact) mass is 311 g/mol. The number of pyridine rings is 1. The molecule has 1 saturated heterocycles. The van der Waals surface area contributed by atoms with Gasteiger partial charge in [0.25, 0.3) is 0 Å². The quantitative estimate of drug-likeness (QED) is 0.732. The van der Waals surface area contributed by atoms with Crippen LogP contribution in [0.3, 0.4) is 0 Å². The van der Waals surface area contributed by atoms with Gasteiger partial charge in [0.15, 0.2) is 11.5 Å². The van der Waals surface area contributed by atoms with E-state index >= 15 is 0 Å². The highest BCUT2D eigenvalue weighted by Gasteiger charge is 2.22. The molecule has 0 spiro atoms. The maximum atomic E-state index is 4.40. The molecule has 0 radical (unpaired) electrons. The van der Waals surface area contributed by atoms with E-state index in [2.05, 4.69) is 38.5 Å². The third-order valence-electron chi connectivity index (χ3n) is 4.62. The molecule has 1 atom stereocenters. The number of likely N-dealkylation sites (N-methyl/N-ethyl adjacent to an activating group) is 1. The maximum Gasteiger partial charge on any atom is 0.160 e. The molecule has 0 bridgehead atoms. The van der Waals surface area contributed by atoms with Gasteiger partial charge in [-0.2, -0.15) is 0 Å². The van der Waals surface area contributed by atoms with Crippen LogP contribution in [0.4, 0.5) is 0 Å². The van der Waals surface area contributed by atoms with Gasteiger partial charge in [-0.3, -0.25) is 4.40 Å². The normalized spacial score (nSPS) is 19.4. The van der Waals surface area contributed by atoms with Crippen molar-refractivity contribution in [3.05, 3.63) is 42.1 Å². The molecule has 23 heavy (non-hydrogen) atoms. The van der Waals surface area contributed by atoms with Gasteiger partial charge < -0.3 is 4.90 Å². The lowest BCUT2D eigenvalue weighted by molar-refractivity contribution is 0.216. The molecule has 4 heterocycles. The fraction of sp³-hybridized carbons (Fsp3) is 0.500. The summed E-state index contributed by atoms with van der Waals surface area (Å²) in [7, 11) is 0. The lowest BCUT2D eigenvalue weighted by Crippen LogP contribution is -2.34. The molecular formula is C16H21N7. The number of hydrogen-bond donors (Lipinski definition) is 0. The minimum Gasteiger partial charge on any atom is -0.303 e. The second kappa shape index (κ2) is 6.08. The van der Waals surface area contributed by atoms with Crippen LogP contribution in [0.15, 0.2) is 30.6 Å². The molecule has 0 aliphatic carbocycles. The van der Waals surface area contributed by atoms with E-state index in [1.807, 2.05) is 33.5 Å². The highest BCUT2D eigenvalue weighted by atomic mass is 15.4. The minimum absolute atomic E-state index is 0.493. The number of rotatable bonds is 4. The molecule has 3 aromatic heterocycles. The zero-order valence-electron chi connectivity index (χ0n) is 13.3. The van der Waals surface area contributed by atoms with Crippen LogP contribution in [0.2, 0.25) is 0 Å². The van der Waals surface area contributed by atoms with Crippen molar-refractivity contribution in [1.82, 2.24) is 34.5 Å². The largest absolute Gasteiger partial charge is 0.303 e. The Morgan fingerprint density at radius 2 is 2.17 bits per heavy atom. The molecule has 0 amide bonds. The number of piperidine rings is 1. The minimum atomic E-state index is 0.493. The van der Waals surface area contributed by atoms with E-state index < -0.39 is 0 Å². The van der Waals surface area contributed by atoms with Crippen LogP contribution in [0.1, 0.15) is 37.2 Å². The van der Waals surface area contributed by atoms with Crippen LogP contribution in [0, 0.1) is 0 Å². The molecule has 0 aromatic carbocycles. The maximum absolute atomic E-state index is 4.40. The molecule has 120 valence electrons. The van der Waals surface area contributed by atoms with E-state index in [4.69, 9.17) is 0 Å². The third kappa shape index (κ3) is 2.84. The predicted octanol–water partition coefficient (Wildman–Crippen LogP) is 1.57. The van der Waals surface area contributed by atoms with Crippen molar-refractivity contribution in [2.75, 3.05) is 19.6 Å². The summed E-state index contributed by atoms with van der Waals surface area (Å²) in [5.74, 6) is 1.36. The van der Waals surface area contributed by atoms with Gasteiger partial charge in [0.1, 0.15) is 6.54 Å². The van der Waals surface area contributed by atoms with E-state index in [0.29, 0.717) is 12.5 Å². The first-order valence-corrected chi connectivity index (χ1v) is 8.24. The summed E-state index contributed by atoms with van der Waals surface area (Å²) < 4.78 is 3.85. The van der Waals surface area contributed by atoms with E-state index in [-0.39, 0.29) is 0 Å². The molecular weight excluding hydrogens is 290 g/mol. The van der Waals surface area contributed by atoms with Gasteiger partial charge in [-0.1, -0.05) is 18.2 Å². The van der Waals surface area contributed by atoms with Crippen LogP contribution < -0.4 is 0 Å². The van der Waals surface area contributed by atoms with Crippen molar-refractivity contribution in [3.8, 4) is 0 Å². The zero-order valence-corrected chi connectivity index (χ0v) is 13.3. The number of likely N-dealkylation sites (tertiary alicyclic amines) is 1. The van der Waals surface area contributed by atoms with Crippen molar-refractivity contribution in [2.45, 2.75) is 32.2 Å². The number of fused-ring (bicyclic) bond motifs is 1. The summed E-state index contributed by atoms with van der Waals surface area (Å²) in [6, 6.07) is 5.89. The second-order valence-corrected chi connectivity index (χ2v) is 6.12. The Kier molecular flexibility index (Phi) is 3.78. The molecule has 1 unspecified atom stereocenters. The van der Waals surface area contributed by atoms with Crippen LogP contribution >= 0.6 is 0 Å². The Balaban J connectivity index is 1.52. The van der Waals surface area contributed by atoms with Gasteiger partial charge in [-0.25, -0.2) is 4.68 Å². The summed E-state index contributed by atoms with van der Waals surface area (Å²) in [5, 5.41) is 17.1. The molecule has 7 nitrogen and oxygen atoms in total. The average Bonchev–Trinajstić information content (AvgIpc) is 3.23. The smallest absolute Gasteiger partial charge is 0.160 e. The van der Waals surface area contributed by atoms with Crippen molar-refractivity contribution in [3.63, 3.8) is 0 Å². The highest BCUT2D eigenvalue weighted by molar-refractivity contribution is 5.36. The molecule has 3 aromatic rings. The summed E-state index contributed by atoms with van der Waals surface area (Å²) in [6.45, 7) is 6.20. The number of hydrogen-bond acceptors (Lipinski definition) is 5. The molecule has 0 saturated carbocycles. The fourth-order valence-electron chi connectivity index (χ4n) is 3.31. The van der Waals surface area contributed by atoms with Gasteiger partial charge >= 0.3 is 0 Å². The number of nitrogens with zero attached hydrogens (tertiary/aromatic N) is 7. The SMILES string of the molecule is CCN1CCCC(c2cn(Cc3nnc4ccccn34)nn2)C1. The first kappa shape index (κ1) is 14.3. The third-order valence-corrected chi connectivity index (χ3v) is 4.62. The molecule has 7 heteroatoms. The number of aromatic nitrogens is 6. The molecule has 0 N–H and O–H groups in total. The Hall–Kier alpha value is -2.28. The second-order valence-electron chi connectivity index (χ2n) is 6.12. The zero-order chi connectivity index (χ0) is 15.6. The molecule has 1 aliphatic rings. The highest BCUT2D eigenvalue weighted by Crippen LogP contribution is 2.25. The van der Waals surface area contributed by atoms with Crippen LogP contribution in [0.5, 0.6) is 0 Å². The molecule has 1 fully saturated rings. The standard InChI is InChI=1S/C16H21N7/c1-2-21-8-5-6-13(10-21)14-11-22(20-17-14)12-16-19-18-15-7-3-4-9-23(15)16/h3-4,7,9,11,13H,2,5-6,8,10,12H2,1H3. The lowest BCUT2D eigenvalue weighted by atomic mass is 9.95. The first-order chi connectivity index (χ1) is 11.3. The topological polar surface area (TPSA) is 64.1 Å². The predicted molar refractivity (Wildman–Crippen MR) is 86.2 cm³/mol. The van der Waals surface area contributed by atoms with E-state index in [0.717, 1.165) is 30.3 Å². The van der Waals surface area contributed by atoms with Crippen molar-refractivity contribution >= 4 is 5.65 Å². The van der Waals surface area contributed by atoms with Crippen molar-refractivity contribution in [1.29, 1.82) is 0 Å². The van der Waals surface area contributed by atoms with E-state index in [9.17, 15) is 0 Å². The first-order valence-electron chi connectivity index (χ1n) is 8.24. The van der Waals surface area contributed by atoms with Crippen LogP contribution in [-0.2, 0) is 6.54 Å². The molecule has 1 aliphatic heterocycles. The van der Waals surface area contributed by atoms with Crippen LogP contribution in [0.25, 0.3) is 5.65 Å². The lowest BCUT2D eigenvalue weighted by Gasteiger charge is -2.30. The van der Waals surface area contributed by atoms with Gasteiger partial charge in [0.2, 0.25) is 0 Å². The van der Waals surface area contributed by atoms with Crippen molar-refractivity contribution < 1.29 is 0 Å². The van der Waals surface area contributed by atoms with Crippen LogP contribution in [-0.4, -0.2) is 54.1 Å².